The number of hydrogen-bond acceptors (Lipinski definition) is 1. The number of para-hydroxylation sites is 1. The number of hydrogen-bond donors (Lipinski definition) is 0. The fourth-order valence-corrected chi connectivity index (χ4v) is 3.76. The summed E-state index contributed by atoms with van der Waals surface area (Å²) in [5.41, 5.74) is 2.86. The molecule has 1 heterocycles. The van der Waals surface area contributed by atoms with Crippen LogP contribution in [0.1, 0.15) is 18.1 Å². The molecule has 0 saturated heterocycles. The van der Waals surface area contributed by atoms with Crippen LogP contribution in [0.2, 0.25) is 0 Å². The lowest BCUT2D eigenvalue weighted by atomic mass is 9.78. The van der Waals surface area contributed by atoms with E-state index in [4.69, 9.17) is 0 Å². The molecule has 0 saturated carbocycles. The monoisotopic (exact) mass is 301 g/mol. The Bertz CT molecular complexity index is 914. The number of rotatable bonds is 2. The van der Waals surface area contributed by atoms with Crippen LogP contribution in [-0.2, 0) is 16.6 Å². The number of benzene rings is 3. The van der Waals surface area contributed by atoms with E-state index in [1.807, 2.05) is 25.2 Å². The SMILES string of the molecule is CN1C(=O)C(C)(Cc2ccc3ccccc3c2)c2ccccc21. The van der Waals surface area contributed by atoms with Crippen molar-refractivity contribution in [3.05, 3.63) is 77.9 Å². The third kappa shape index (κ3) is 2.06. The van der Waals surface area contributed by atoms with Crippen molar-refractivity contribution in [3.63, 3.8) is 0 Å². The molecule has 23 heavy (non-hydrogen) atoms. The lowest BCUT2D eigenvalue weighted by molar-refractivity contribution is -0.122. The molecule has 1 aliphatic heterocycles. The fourth-order valence-electron chi connectivity index (χ4n) is 3.76. The molecule has 4 rings (SSSR count). The minimum absolute atomic E-state index is 0.173. The summed E-state index contributed by atoms with van der Waals surface area (Å²) < 4.78 is 0. The van der Waals surface area contributed by atoms with Crippen LogP contribution in [0, 0.1) is 0 Å². The number of amides is 1. The summed E-state index contributed by atoms with van der Waals surface area (Å²) in [4.78, 5) is 14.7. The van der Waals surface area contributed by atoms with Crippen molar-refractivity contribution in [3.8, 4) is 0 Å². The molecule has 0 spiro atoms. The van der Waals surface area contributed by atoms with Gasteiger partial charge in [-0.2, -0.15) is 0 Å². The predicted octanol–water partition coefficient (Wildman–Crippen LogP) is 4.32. The molecule has 3 aromatic carbocycles. The molecule has 1 aliphatic rings. The minimum Gasteiger partial charge on any atom is -0.314 e. The van der Waals surface area contributed by atoms with Gasteiger partial charge in [0.1, 0.15) is 0 Å². The van der Waals surface area contributed by atoms with Crippen LogP contribution in [0.3, 0.4) is 0 Å². The second-order valence-corrected chi connectivity index (χ2v) is 6.57. The topological polar surface area (TPSA) is 20.3 Å². The molecule has 3 aromatic rings. The maximum Gasteiger partial charge on any atom is 0.237 e. The van der Waals surface area contributed by atoms with Gasteiger partial charge in [0.2, 0.25) is 5.91 Å². The van der Waals surface area contributed by atoms with Crippen LogP contribution in [0.4, 0.5) is 5.69 Å². The number of carbonyl (C=O) groups is 1. The molecular formula is C21H19NO. The van der Waals surface area contributed by atoms with Crippen molar-refractivity contribution in [1.29, 1.82) is 0 Å². The van der Waals surface area contributed by atoms with Crippen molar-refractivity contribution in [2.75, 3.05) is 11.9 Å². The van der Waals surface area contributed by atoms with E-state index in [0.29, 0.717) is 0 Å². The third-order valence-electron chi connectivity index (χ3n) is 5.01. The van der Waals surface area contributed by atoms with Gasteiger partial charge in [-0.25, -0.2) is 0 Å². The summed E-state index contributed by atoms with van der Waals surface area (Å²) in [5.74, 6) is 0.173. The molecule has 0 aliphatic carbocycles. The highest BCUT2D eigenvalue weighted by Gasteiger charge is 2.45. The van der Waals surface area contributed by atoms with Gasteiger partial charge >= 0.3 is 0 Å². The average Bonchev–Trinajstić information content (AvgIpc) is 2.77. The van der Waals surface area contributed by atoms with Gasteiger partial charge in [0.05, 0.1) is 5.41 Å². The Kier molecular flexibility index (Phi) is 3.02. The predicted molar refractivity (Wildman–Crippen MR) is 94.9 cm³/mol. The second-order valence-electron chi connectivity index (χ2n) is 6.57. The molecule has 1 amide bonds. The van der Waals surface area contributed by atoms with Crippen LogP contribution in [-0.4, -0.2) is 13.0 Å². The van der Waals surface area contributed by atoms with E-state index >= 15 is 0 Å². The summed E-state index contributed by atoms with van der Waals surface area (Å²) in [6, 6.07) is 22.9. The summed E-state index contributed by atoms with van der Waals surface area (Å²) in [6.07, 6.45) is 0.720. The smallest absolute Gasteiger partial charge is 0.237 e. The zero-order valence-electron chi connectivity index (χ0n) is 13.4. The number of carbonyl (C=O) groups excluding carboxylic acids is 1. The molecule has 0 N–H and O–H groups in total. The number of anilines is 1. The molecular weight excluding hydrogens is 282 g/mol. The lowest BCUT2D eigenvalue weighted by Crippen LogP contribution is -2.37. The largest absolute Gasteiger partial charge is 0.314 e. The summed E-state index contributed by atoms with van der Waals surface area (Å²) in [5, 5.41) is 2.46. The quantitative estimate of drug-likeness (QED) is 0.690. The third-order valence-corrected chi connectivity index (χ3v) is 5.01. The number of fused-ring (bicyclic) bond motifs is 2. The zero-order chi connectivity index (χ0) is 16.0. The van der Waals surface area contributed by atoms with Gasteiger partial charge in [0.15, 0.2) is 0 Å². The second kappa shape index (κ2) is 4.95. The average molecular weight is 301 g/mol. The maximum absolute atomic E-state index is 12.9. The molecule has 1 atom stereocenters. The van der Waals surface area contributed by atoms with E-state index in [1.165, 1.54) is 16.3 Å². The first-order chi connectivity index (χ1) is 11.1. The Morgan fingerprint density at radius 3 is 2.43 bits per heavy atom. The minimum atomic E-state index is -0.492. The van der Waals surface area contributed by atoms with Gasteiger partial charge in [0.25, 0.3) is 0 Å². The van der Waals surface area contributed by atoms with Crippen LogP contribution >= 0.6 is 0 Å². The van der Waals surface area contributed by atoms with Crippen LogP contribution in [0.25, 0.3) is 10.8 Å². The molecule has 114 valence electrons. The first-order valence-electron chi connectivity index (χ1n) is 7.95. The number of likely N-dealkylation sites (N-methyl/N-ethyl adjacent to an activating group) is 1. The molecule has 0 bridgehead atoms. The van der Waals surface area contributed by atoms with Crippen LogP contribution in [0.15, 0.2) is 66.7 Å². The van der Waals surface area contributed by atoms with E-state index in [2.05, 4.69) is 55.5 Å². The van der Waals surface area contributed by atoms with E-state index in [9.17, 15) is 4.79 Å². The van der Waals surface area contributed by atoms with Gasteiger partial charge < -0.3 is 4.90 Å². The summed E-state index contributed by atoms with van der Waals surface area (Å²) in [7, 11) is 1.87. The van der Waals surface area contributed by atoms with Gasteiger partial charge in [-0.05, 0) is 41.3 Å². The molecule has 1 unspecified atom stereocenters. The first kappa shape index (κ1) is 14.0. The Hall–Kier alpha value is -2.61. The standard InChI is InChI=1S/C21H19NO/c1-21(18-9-5-6-10-19(18)22(2)20(21)23)14-15-11-12-16-7-3-4-8-17(16)13-15/h3-13H,14H2,1-2H3. The Morgan fingerprint density at radius 1 is 0.913 bits per heavy atom. The normalized spacial score (nSPS) is 20.1. The Balaban J connectivity index is 1.78. The number of nitrogens with zero attached hydrogens (tertiary/aromatic N) is 1. The highest BCUT2D eigenvalue weighted by molar-refractivity contribution is 6.07. The van der Waals surface area contributed by atoms with E-state index in [0.717, 1.165) is 17.7 Å². The van der Waals surface area contributed by atoms with E-state index < -0.39 is 5.41 Å². The zero-order valence-corrected chi connectivity index (χ0v) is 13.4. The molecule has 0 radical (unpaired) electrons. The Morgan fingerprint density at radius 2 is 1.61 bits per heavy atom. The van der Waals surface area contributed by atoms with E-state index in [-0.39, 0.29) is 5.91 Å². The fraction of sp³-hybridized carbons (Fsp3) is 0.190. The van der Waals surface area contributed by atoms with Gasteiger partial charge in [-0.1, -0.05) is 60.7 Å². The Labute approximate surface area is 136 Å². The molecule has 2 heteroatoms. The van der Waals surface area contributed by atoms with Crippen molar-refractivity contribution in [1.82, 2.24) is 0 Å². The van der Waals surface area contributed by atoms with Crippen molar-refractivity contribution in [2.45, 2.75) is 18.8 Å². The van der Waals surface area contributed by atoms with Crippen molar-refractivity contribution in [2.24, 2.45) is 0 Å². The van der Waals surface area contributed by atoms with Crippen molar-refractivity contribution >= 4 is 22.4 Å². The van der Waals surface area contributed by atoms with Crippen LogP contribution in [0.5, 0.6) is 0 Å². The van der Waals surface area contributed by atoms with Crippen molar-refractivity contribution < 1.29 is 4.79 Å². The van der Waals surface area contributed by atoms with Gasteiger partial charge in [-0.3, -0.25) is 4.79 Å². The van der Waals surface area contributed by atoms with E-state index in [1.54, 1.807) is 4.90 Å². The van der Waals surface area contributed by atoms with Gasteiger partial charge in [0, 0.05) is 12.7 Å². The molecule has 0 aromatic heterocycles. The molecule has 0 fully saturated rings. The van der Waals surface area contributed by atoms with Crippen LogP contribution < -0.4 is 4.90 Å². The highest BCUT2D eigenvalue weighted by Crippen LogP contribution is 2.43. The first-order valence-corrected chi connectivity index (χ1v) is 7.95. The summed E-state index contributed by atoms with van der Waals surface area (Å²) >= 11 is 0. The maximum atomic E-state index is 12.9. The highest BCUT2D eigenvalue weighted by atomic mass is 16.2. The lowest BCUT2D eigenvalue weighted by Gasteiger charge is -2.23. The van der Waals surface area contributed by atoms with Gasteiger partial charge in [-0.15, -0.1) is 0 Å². The molecule has 2 nitrogen and oxygen atoms in total. The summed E-state index contributed by atoms with van der Waals surface area (Å²) in [6.45, 7) is 2.06.